The van der Waals surface area contributed by atoms with Gasteiger partial charge in [-0.3, -0.25) is 10.1 Å². The van der Waals surface area contributed by atoms with Crippen molar-refractivity contribution < 1.29 is 23.4 Å². The molecule has 0 saturated carbocycles. The minimum Gasteiger partial charge on any atom is -0.493 e. The van der Waals surface area contributed by atoms with Crippen molar-refractivity contribution in [2.24, 2.45) is 0 Å². The van der Waals surface area contributed by atoms with Crippen LogP contribution in [-0.4, -0.2) is 59.3 Å². The van der Waals surface area contributed by atoms with E-state index in [1.165, 1.54) is 42.5 Å². The molecule has 0 amide bonds. The Morgan fingerprint density at radius 1 is 0.733 bits per heavy atom. The van der Waals surface area contributed by atoms with Gasteiger partial charge in [0.15, 0.2) is 11.5 Å². The Hall–Kier alpha value is -3.07. The zero-order valence-electron chi connectivity index (χ0n) is 28.3. The van der Waals surface area contributed by atoms with Crippen LogP contribution in [0.4, 0.5) is 5.69 Å². The van der Waals surface area contributed by atoms with E-state index in [0.717, 1.165) is 0 Å². The van der Waals surface area contributed by atoms with Crippen molar-refractivity contribution in [1.29, 1.82) is 0 Å². The molecule has 4 rings (SSSR count). The van der Waals surface area contributed by atoms with Gasteiger partial charge in [0.25, 0.3) is 5.69 Å². The molecule has 0 aliphatic heterocycles. The lowest BCUT2D eigenvalue weighted by atomic mass is 9.98. The van der Waals surface area contributed by atoms with E-state index in [2.05, 4.69) is 113 Å². The second kappa shape index (κ2) is 14.6. The number of benzene rings is 3. The van der Waals surface area contributed by atoms with Crippen molar-refractivity contribution >= 4 is 13.7 Å². The molecule has 0 aromatic heterocycles. The highest BCUT2D eigenvalue weighted by molar-refractivity contribution is 7.61. The summed E-state index contributed by atoms with van der Waals surface area (Å²) >= 11 is 0. The molecule has 0 spiro atoms. The molecule has 0 fully saturated rings. The minimum absolute atomic E-state index is 0.0122. The zero-order chi connectivity index (χ0) is 33.1. The summed E-state index contributed by atoms with van der Waals surface area (Å²) < 4.78 is 30.0. The molecule has 0 saturated heterocycles. The topological polar surface area (TPSA) is 86.5 Å². The normalized spacial score (nSPS) is 13.4. The van der Waals surface area contributed by atoms with Crippen LogP contribution < -0.4 is 9.47 Å². The number of nitro groups is 1. The van der Waals surface area contributed by atoms with Crippen LogP contribution in [-0.2, 0) is 15.7 Å². The SMILES string of the molecule is COc1cc(CO[P+](OCC2c3ccccc3-c3ccccc32)(N(C(C)C)C(C)C)N(C(C)C)C(C)C)c([N+](=O)[O-])cc1OC. The average molecular weight is 639 g/mol. The Morgan fingerprint density at radius 3 is 1.60 bits per heavy atom. The fraction of sp³-hybridized carbons (Fsp3) is 0.486. The molecule has 244 valence electrons. The Bertz CT molecular complexity index is 1400. The monoisotopic (exact) mass is 638 g/mol. The number of hydrogen-bond donors (Lipinski definition) is 0. The van der Waals surface area contributed by atoms with E-state index in [4.69, 9.17) is 18.5 Å². The van der Waals surface area contributed by atoms with Crippen molar-refractivity contribution in [2.45, 2.75) is 92.1 Å². The predicted octanol–water partition coefficient (Wildman–Crippen LogP) is 8.87. The van der Waals surface area contributed by atoms with Gasteiger partial charge in [0.1, 0.15) is 13.2 Å². The van der Waals surface area contributed by atoms with Crippen LogP contribution in [0.1, 0.15) is 78.0 Å². The molecule has 1 aliphatic rings. The molecule has 3 aromatic carbocycles. The fourth-order valence-electron chi connectivity index (χ4n) is 6.74. The van der Waals surface area contributed by atoms with Crippen LogP contribution in [0.3, 0.4) is 0 Å². The highest BCUT2D eigenvalue weighted by atomic mass is 31.2. The van der Waals surface area contributed by atoms with Crippen LogP contribution in [0.5, 0.6) is 11.5 Å². The van der Waals surface area contributed by atoms with E-state index < -0.39 is 12.9 Å². The van der Waals surface area contributed by atoms with Crippen molar-refractivity contribution in [3.05, 3.63) is 87.5 Å². The van der Waals surface area contributed by atoms with Gasteiger partial charge in [-0.2, -0.15) is 9.05 Å². The molecule has 0 atom stereocenters. The third kappa shape index (κ3) is 6.88. The molecular formula is C35H49N3O6P+. The maximum absolute atomic E-state index is 12.3. The number of rotatable bonds is 15. The van der Waals surface area contributed by atoms with Gasteiger partial charge >= 0.3 is 8.02 Å². The minimum atomic E-state index is -3.10. The number of fused-ring (bicyclic) bond motifs is 3. The molecule has 0 radical (unpaired) electrons. The molecule has 45 heavy (non-hydrogen) atoms. The van der Waals surface area contributed by atoms with E-state index in [9.17, 15) is 10.1 Å². The van der Waals surface area contributed by atoms with E-state index in [-0.39, 0.29) is 42.4 Å². The second-order valence-electron chi connectivity index (χ2n) is 12.5. The Morgan fingerprint density at radius 2 is 1.18 bits per heavy atom. The number of methoxy groups -OCH3 is 2. The van der Waals surface area contributed by atoms with Gasteiger partial charge in [0.2, 0.25) is 0 Å². The van der Waals surface area contributed by atoms with Crippen LogP contribution in [0.2, 0.25) is 0 Å². The fourth-order valence-corrected chi connectivity index (χ4v) is 10.6. The lowest BCUT2D eigenvalue weighted by molar-refractivity contribution is -0.385. The van der Waals surface area contributed by atoms with E-state index >= 15 is 0 Å². The summed E-state index contributed by atoms with van der Waals surface area (Å²) in [5.41, 5.74) is 5.21. The first-order chi connectivity index (χ1) is 21.4. The van der Waals surface area contributed by atoms with Gasteiger partial charge in [-0.25, -0.2) is 0 Å². The number of nitro benzene ring substituents is 1. The summed E-state index contributed by atoms with van der Waals surface area (Å²) in [7, 11) is -0.119. The van der Waals surface area contributed by atoms with Gasteiger partial charge in [-0.1, -0.05) is 48.5 Å². The maximum Gasteiger partial charge on any atom is 0.437 e. The van der Waals surface area contributed by atoms with Crippen LogP contribution in [0, 0.1) is 10.1 Å². The zero-order valence-corrected chi connectivity index (χ0v) is 29.2. The van der Waals surface area contributed by atoms with Crippen LogP contribution in [0.25, 0.3) is 11.1 Å². The van der Waals surface area contributed by atoms with Crippen molar-refractivity contribution in [1.82, 2.24) is 9.34 Å². The standard InChI is InChI=1S/C35H49N3O6P/c1-23(2)36(24(3)4)45(37(25(5)6)26(7)8,43-21-27-19-34(41-9)35(42-10)20-33(27)38(39)40)44-22-32-30-17-13-11-15-28(30)29-16-12-14-18-31(29)32/h11-20,23-26,32H,21-22H2,1-10H3/q+1. The number of nitrogens with zero attached hydrogens (tertiary/aromatic N) is 3. The summed E-state index contributed by atoms with van der Waals surface area (Å²) in [6.07, 6.45) is 0. The molecule has 10 heteroatoms. The van der Waals surface area contributed by atoms with E-state index in [0.29, 0.717) is 23.7 Å². The van der Waals surface area contributed by atoms with Gasteiger partial charge in [-0.05, 0) is 83.7 Å². The molecule has 1 aliphatic carbocycles. The Balaban J connectivity index is 1.87. The van der Waals surface area contributed by atoms with Gasteiger partial charge < -0.3 is 9.47 Å². The summed E-state index contributed by atoms with van der Waals surface area (Å²) in [5.74, 6) is 0.707. The lowest BCUT2D eigenvalue weighted by Crippen LogP contribution is -2.49. The third-order valence-electron chi connectivity index (χ3n) is 8.24. The van der Waals surface area contributed by atoms with E-state index in [1.54, 1.807) is 6.07 Å². The lowest BCUT2D eigenvalue weighted by Gasteiger charge is -2.45. The molecule has 0 bridgehead atoms. The smallest absolute Gasteiger partial charge is 0.437 e. The largest absolute Gasteiger partial charge is 0.493 e. The maximum atomic E-state index is 12.3. The van der Waals surface area contributed by atoms with Crippen LogP contribution in [0.15, 0.2) is 60.7 Å². The molecule has 0 heterocycles. The summed E-state index contributed by atoms with van der Waals surface area (Å²) in [6.45, 7) is 17.6. The molecule has 0 unspecified atom stereocenters. The Labute approximate surface area is 269 Å². The first kappa shape index (κ1) is 34.8. The third-order valence-corrected chi connectivity index (χ3v) is 12.2. The molecule has 9 nitrogen and oxygen atoms in total. The van der Waals surface area contributed by atoms with Crippen molar-refractivity contribution in [3.63, 3.8) is 0 Å². The quantitative estimate of drug-likeness (QED) is 0.0927. The molecular weight excluding hydrogens is 589 g/mol. The Kier molecular flexibility index (Phi) is 11.3. The summed E-state index contributed by atoms with van der Waals surface area (Å²) in [6, 6.07) is 20.3. The number of hydrogen-bond acceptors (Lipinski definition) is 8. The van der Waals surface area contributed by atoms with Crippen molar-refractivity contribution in [2.75, 3.05) is 20.8 Å². The van der Waals surface area contributed by atoms with E-state index in [1.807, 2.05) is 0 Å². The predicted molar refractivity (Wildman–Crippen MR) is 182 cm³/mol. The van der Waals surface area contributed by atoms with Crippen LogP contribution >= 0.6 is 8.02 Å². The summed E-state index contributed by atoms with van der Waals surface area (Å²) in [4.78, 5) is 11.9. The first-order valence-electron chi connectivity index (χ1n) is 15.7. The second-order valence-corrected chi connectivity index (χ2v) is 14.9. The first-order valence-corrected chi connectivity index (χ1v) is 17.2. The van der Waals surface area contributed by atoms with Crippen molar-refractivity contribution in [3.8, 4) is 22.6 Å². The highest BCUT2D eigenvalue weighted by Gasteiger charge is 2.61. The average Bonchev–Trinajstić information content (AvgIpc) is 3.31. The molecule has 3 aromatic rings. The number of ether oxygens (including phenoxy) is 2. The van der Waals surface area contributed by atoms with Gasteiger partial charge in [0.05, 0.1) is 30.8 Å². The summed E-state index contributed by atoms with van der Waals surface area (Å²) in [5, 5.41) is 12.3. The van der Waals surface area contributed by atoms with Gasteiger partial charge in [0, 0.05) is 30.1 Å². The highest BCUT2D eigenvalue weighted by Crippen LogP contribution is 2.71. The van der Waals surface area contributed by atoms with Gasteiger partial charge in [-0.15, -0.1) is 9.34 Å². The molecule has 0 N–H and O–H groups in total.